The molecule has 0 amide bonds. The Morgan fingerprint density at radius 1 is 0.396 bits per heavy atom. The van der Waals surface area contributed by atoms with Crippen LogP contribution in [0.25, 0.3) is 88.8 Å². The molecule has 0 saturated carbocycles. The van der Waals surface area contributed by atoms with Gasteiger partial charge in [0.15, 0.2) is 5.82 Å². The van der Waals surface area contributed by atoms with E-state index >= 15 is 0 Å². The molecule has 9 aromatic rings. The second kappa shape index (κ2) is 12.2. The fourth-order valence-electron chi connectivity index (χ4n) is 8.09. The summed E-state index contributed by atoms with van der Waals surface area (Å²) in [5.41, 5.74) is 14.9. The summed E-state index contributed by atoms with van der Waals surface area (Å²) < 4.78 is 0. The van der Waals surface area contributed by atoms with Crippen molar-refractivity contribution in [1.82, 2.24) is 15.0 Å². The van der Waals surface area contributed by atoms with Gasteiger partial charge in [-0.3, -0.25) is 4.98 Å². The van der Waals surface area contributed by atoms with Crippen molar-refractivity contribution in [3.8, 4) is 67.3 Å². The van der Waals surface area contributed by atoms with Gasteiger partial charge < -0.3 is 0 Å². The van der Waals surface area contributed by atoms with Crippen LogP contribution in [0.4, 0.5) is 0 Å². The van der Waals surface area contributed by atoms with Crippen LogP contribution in [-0.4, -0.2) is 15.0 Å². The summed E-state index contributed by atoms with van der Waals surface area (Å²) in [4.78, 5) is 14.4. The first-order valence-electron chi connectivity index (χ1n) is 18.2. The van der Waals surface area contributed by atoms with E-state index < -0.39 is 0 Å². The van der Waals surface area contributed by atoms with Crippen LogP contribution in [0.3, 0.4) is 0 Å². The number of rotatable bonds is 5. The lowest BCUT2D eigenvalue weighted by molar-refractivity contribution is 0.661. The number of aromatic nitrogens is 3. The summed E-state index contributed by atoms with van der Waals surface area (Å²) >= 11 is 0. The highest BCUT2D eigenvalue weighted by atomic mass is 14.9. The van der Waals surface area contributed by atoms with Crippen molar-refractivity contribution in [2.75, 3.05) is 0 Å². The maximum atomic E-state index is 5.08. The van der Waals surface area contributed by atoms with Gasteiger partial charge in [0, 0.05) is 34.5 Å². The summed E-state index contributed by atoms with van der Waals surface area (Å²) in [6.45, 7) is 4.69. The molecule has 0 unspecified atom stereocenters. The zero-order chi connectivity index (χ0) is 35.5. The quantitative estimate of drug-likeness (QED) is 0.170. The van der Waals surface area contributed by atoms with Crippen LogP contribution in [0, 0.1) is 0 Å². The molecule has 0 spiro atoms. The predicted molar refractivity (Wildman–Crippen MR) is 220 cm³/mol. The smallest absolute Gasteiger partial charge is 0.160 e. The van der Waals surface area contributed by atoms with Gasteiger partial charge in [-0.1, -0.05) is 147 Å². The molecule has 2 heterocycles. The van der Waals surface area contributed by atoms with E-state index in [-0.39, 0.29) is 5.41 Å². The molecule has 1 aliphatic rings. The van der Waals surface area contributed by atoms with Crippen molar-refractivity contribution in [3.05, 3.63) is 187 Å². The van der Waals surface area contributed by atoms with E-state index in [0.29, 0.717) is 5.82 Å². The van der Waals surface area contributed by atoms with Gasteiger partial charge in [0.25, 0.3) is 0 Å². The molecule has 0 N–H and O–H groups in total. The molecule has 1 aliphatic carbocycles. The summed E-state index contributed by atoms with van der Waals surface area (Å²) in [7, 11) is 0. The Bertz CT molecular complexity index is 2820. The van der Waals surface area contributed by atoms with Gasteiger partial charge in [-0.2, -0.15) is 0 Å². The largest absolute Gasteiger partial charge is 0.264 e. The third kappa shape index (κ3) is 5.32. The molecule has 0 saturated heterocycles. The highest BCUT2D eigenvalue weighted by Gasteiger charge is 2.35. The molecular formula is C50H35N3. The molecule has 10 rings (SSSR count). The zero-order valence-electron chi connectivity index (χ0n) is 29.6. The van der Waals surface area contributed by atoms with E-state index in [4.69, 9.17) is 9.97 Å². The van der Waals surface area contributed by atoms with Gasteiger partial charge in [0.2, 0.25) is 0 Å². The minimum atomic E-state index is -0.0180. The third-order valence-electron chi connectivity index (χ3n) is 11.0. The first kappa shape index (κ1) is 31.1. The number of benzene rings is 7. The van der Waals surface area contributed by atoms with Crippen LogP contribution in [0.1, 0.15) is 25.0 Å². The van der Waals surface area contributed by atoms with E-state index in [9.17, 15) is 0 Å². The van der Waals surface area contributed by atoms with Crippen molar-refractivity contribution >= 4 is 21.5 Å². The molecule has 3 nitrogen and oxygen atoms in total. The standard InChI is InChI=1S/C50H35N3/c1-50(2)45-13-7-6-12-41(45)44-29-43-39(28-46(44)50)25-19-34-18-24-38(27-42(34)43)32-14-20-35(21-15-32)47-30-48(53-49(52-47)37-9-4-3-5-10-37)36-22-16-33(17-23-36)40-11-8-26-51-31-40/h3-31H,1-2H3. The molecule has 0 bridgehead atoms. The van der Waals surface area contributed by atoms with Crippen molar-refractivity contribution in [2.24, 2.45) is 0 Å². The maximum Gasteiger partial charge on any atom is 0.160 e. The average molecular weight is 678 g/mol. The number of hydrogen-bond donors (Lipinski definition) is 0. The fourth-order valence-corrected chi connectivity index (χ4v) is 8.09. The number of fused-ring (bicyclic) bond motifs is 6. The Balaban J connectivity index is 1.03. The van der Waals surface area contributed by atoms with Gasteiger partial charge in [0.05, 0.1) is 11.4 Å². The number of nitrogens with zero attached hydrogens (tertiary/aromatic N) is 3. The molecule has 0 atom stereocenters. The van der Waals surface area contributed by atoms with Crippen LogP contribution < -0.4 is 0 Å². The summed E-state index contributed by atoms with van der Waals surface area (Å²) in [5.74, 6) is 0.706. The van der Waals surface area contributed by atoms with Crippen LogP contribution in [-0.2, 0) is 5.41 Å². The fraction of sp³-hybridized carbons (Fsp3) is 0.0600. The highest BCUT2D eigenvalue weighted by Crippen LogP contribution is 2.50. The van der Waals surface area contributed by atoms with Crippen LogP contribution >= 0.6 is 0 Å². The zero-order valence-corrected chi connectivity index (χ0v) is 29.6. The Labute approximate surface area is 309 Å². The van der Waals surface area contributed by atoms with Crippen molar-refractivity contribution in [2.45, 2.75) is 19.3 Å². The monoisotopic (exact) mass is 677 g/mol. The minimum Gasteiger partial charge on any atom is -0.264 e. The molecule has 0 radical (unpaired) electrons. The van der Waals surface area contributed by atoms with Crippen LogP contribution in [0.2, 0.25) is 0 Å². The second-order valence-electron chi connectivity index (χ2n) is 14.5. The van der Waals surface area contributed by atoms with E-state index in [0.717, 1.165) is 39.2 Å². The van der Waals surface area contributed by atoms with Gasteiger partial charge in [0.1, 0.15) is 0 Å². The Morgan fingerprint density at radius 2 is 0.981 bits per heavy atom. The van der Waals surface area contributed by atoms with Crippen molar-refractivity contribution in [1.29, 1.82) is 0 Å². The van der Waals surface area contributed by atoms with Crippen LogP contribution in [0.5, 0.6) is 0 Å². The molecule has 2 aromatic heterocycles. The van der Waals surface area contributed by atoms with E-state index in [1.165, 1.54) is 54.9 Å². The molecule has 7 aromatic carbocycles. The normalized spacial score (nSPS) is 12.9. The Kier molecular flexibility index (Phi) is 7.16. The topological polar surface area (TPSA) is 38.7 Å². The number of pyridine rings is 1. The van der Waals surface area contributed by atoms with Crippen LogP contribution in [0.15, 0.2) is 176 Å². The van der Waals surface area contributed by atoms with Gasteiger partial charge >= 0.3 is 0 Å². The molecule has 53 heavy (non-hydrogen) atoms. The number of hydrogen-bond acceptors (Lipinski definition) is 3. The third-order valence-corrected chi connectivity index (χ3v) is 11.0. The molecular weight excluding hydrogens is 643 g/mol. The Morgan fingerprint density at radius 3 is 1.70 bits per heavy atom. The minimum absolute atomic E-state index is 0.0180. The first-order valence-corrected chi connectivity index (χ1v) is 18.2. The average Bonchev–Trinajstić information content (AvgIpc) is 3.45. The lowest BCUT2D eigenvalue weighted by Crippen LogP contribution is -2.14. The summed E-state index contributed by atoms with van der Waals surface area (Å²) in [5, 5.41) is 5.10. The van der Waals surface area contributed by atoms with E-state index in [1.807, 2.05) is 30.5 Å². The van der Waals surface area contributed by atoms with Gasteiger partial charge in [-0.15, -0.1) is 0 Å². The maximum absolute atomic E-state index is 5.08. The van der Waals surface area contributed by atoms with E-state index in [2.05, 4.69) is 158 Å². The van der Waals surface area contributed by atoms with Crippen molar-refractivity contribution in [3.63, 3.8) is 0 Å². The van der Waals surface area contributed by atoms with Gasteiger partial charge in [-0.25, -0.2) is 9.97 Å². The Hall–Kier alpha value is -6.71. The lowest BCUT2D eigenvalue weighted by atomic mass is 9.81. The predicted octanol–water partition coefficient (Wildman–Crippen LogP) is 12.8. The van der Waals surface area contributed by atoms with E-state index in [1.54, 1.807) is 6.20 Å². The molecule has 3 heteroatoms. The van der Waals surface area contributed by atoms with Crippen molar-refractivity contribution < 1.29 is 0 Å². The lowest BCUT2D eigenvalue weighted by Gasteiger charge is -2.21. The SMILES string of the molecule is CC1(C)c2ccccc2-c2cc3c(ccc4ccc(-c5ccc(-c6cc(-c7ccc(-c8cccnc8)cc7)nc(-c7ccccc7)n6)cc5)cc43)cc21. The first-order chi connectivity index (χ1) is 26.0. The summed E-state index contributed by atoms with van der Waals surface area (Å²) in [6, 6.07) is 58.8. The molecule has 250 valence electrons. The summed E-state index contributed by atoms with van der Waals surface area (Å²) in [6.07, 6.45) is 3.69. The second-order valence-corrected chi connectivity index (χ2v) is 14.5. The van der Waals surface area contributed by atoms with Gasteiger partial charge in [-0.05, 0) is 96.4 Å². The molecule has 0 fully saturated rings. The molecule has 0 aliphatic heterocycles. The highest BCUT2D eigenvalue weighted by molar-refractivity contribution is 6.11.